The summed E-state index contributed by atoms with van der Waals surface area (Å²) >= 11 is 0. The van der Waals surface area contributed by atoms with E-state index in [4.69, 9.17) is 0 Å². The molecule has 1 N–H and O–H groups in total. The lowest BCUT2D eigenvalue weighted by Gasteiger charge is -2.10. The van der Waals surface area contributed by atoms with Gasteiger partial charge in [-0.15, -0.1) is 0 Å². The zero-order valence-electron chi connectivity index (χ0n) is 13.5. The van der Waals surface area contributed by atoms with E-state index in [0.717, 1.165) is 5.56 Å². The summed E-state index contributed by atoms with van der Waals surface area (Å²) in [5, 5.41) is 4.06. The summed E-state index contributed by atoms with van der Waals surface area (Å²) in [5.41, 5.74) is 1.58. The molecule has 0 aliphatic carbocycles. The Bertz CT molecular complexity index is 794. The minimum atomic E-state index is -3.86. The highest BCUT2D eigenvalue weighted by Gasteiger charge is 2.19. The molecule has 0 atom stereocenters. The first kappa shape index (κ1) is 17.2. The van der Waals surface area contributed by atoms with Gasteiger partial charge in [-0.1, -0.05) is 26.0 Å². The van der Waals surface area contributed by atoms with Crippen molar-refractivity contribution in [2.24, 2.45) is 0 Å². The number of aromatic nitrogens is 2. The van der Waals surface area contributed by atoms with Crippen molar-refractivity contribution in [1.29, 1.82) is 0 Å². The first-order valence-electron chi connectivity index (χ1n) is 7.48. The van der Waals surface area contributed by atoms with Gasteiger partial charge in [0.05, 0.1) is 17.5 Å². The molecule has 0 unspecified atom stereocenters. The fourth-order valence-corrected chi connectivity index (χ4v) is 3.18. The van der Waals surface area contributed by atoms with Gasteiger partial charge in [0.1, 0.15) is 0 Å². The second kappa shape index (κ2) is 6.95. The Morgan fingerprint density at radius 2 is 2.09 bits per heavy atom. The summed E-state index contributed by atoms with van der Waals surface area (Å²) < 4.78 is 28.4. The molecule has 2 rings (SSSR count). The van der Waals surface area contributed by atoms with Gasteiger partial charge in [0.25, 0.3) is 10.0 Å². The van der Waals surface area contributed by atoms with Crippen LogP contribution in [0.3, 0.4) is 0 Å². The van der Waals surface area contributed by atoms with Crippen LogP contribution in [0, 0.1) is 0 Å². The number of benzene rings is 1. The van der Waals surface area contributed by atoms with E-state index >= 15 is 0 Å². The molecule has 1 amide bonds. The number of sulfonamides is 1. The molecule has 0 saturated carbocycles. The normalized spacial score (nSPS) is 11.7. The number of hydrogen-bond acceptors (Lipinski definition) is 4. The van der Waals surface area contributed by atoms with Crippen molar-refractivity contribution in [3.8, 4) is 0 Å². The molecule has 0 fully saturated rings. The summed E-state index contributed by atoms with van der Waals surface area (Å²) in [7, 11) is -3.86. The topological polar surface area (TPSA) is 81.1 Å². The van der Waals surface area contributed by atoms with Crippen LogP contribution in [0.15, 0.2) is 41.6 Å². The summed E-state index contributed by atoms with van der Waals surface area (Å²) in [6.45, 7) is 6.59. The summed E-state index contributed by atoms with van der Waals surface area (Å²) in [5.74, 6) is -0.365. The zero-order chi connectivity index (χ0) is 17.0. The second-order valence-electron chi connectivity index (χ2n) is 5.64. The van der Waals surface area contributed by atoms with Crippen molar-refractivity contribution in [1.82, 2.24) is 14.5 Å². The van der Waals surface area contributed by atoms with Crippen LogP contribution in [0.1, 0.15) is 37.8 Å². The number of carbonyl (C=O) groups excluding carboxylic acids is 1. The average Bonchev–Trinajstić information content (AvgIpc) is 2.94. The molecule has 0 spiro atoms. The average molecular weight is 335 g/mol. The standard InChI is InChI=1S/C16H21N3O3S/c1-4-19-11-13(10-17-19)8-16(20)18-23(21,22)15-7-5-6-14(9-15)12(2)3/h5-7,9-12H,4,8H2,1-3H3,(H,18,20). The third-order valence-electron chi connectivity index (χ3n) is 3.46. The highest BCUT2D eigenvalue weighted by molar-refractivity contribution is 7.90. The Labute approximate surface area is 136 Å². The number of rotatable bonds is 6. The molecule has 0 aliphatic rings. The first-order valence-corrected chi connectivity index (χ1v) is 8.97. The van der Waals surface area contributed by atoms with Crippen molar-refractivity contribution in [2.75, 3.05) is 0 Å². The maximum absolute atomic E-state index is 12.3. The summed E-state index contributed by atoms with van der Waals surface area (Å²) in [4.78, 5) is 12.1. The van der Waals surface area contributed by atoms with Crippen LogP contribution in [-0.2, 0) is 27.8 Å². The molecule has 1 aromatic heterocycles. The lowest BCUT2D eigenvalue weighted by atomic mass is 10.0. The van der Waals surface area contributed by atoms with E-state index in [2.05, 4.69) is 9.82 Å². The van der Waals surface area contributed by atoms with E-state index in [0.29, 0.717) is 12.1 Å². The number of amides is 1. The van der Waals surface area contributed by atoms with Crippen LogP contribution in [0.25, 0.3) is 0 Å². The van der Waals surface area contributed by atoms with Crippen LogP contribution >= 0.6 is 0 Å². The molecule has 0 radical (unpaired) electrons. The van der Waals surface area contributed by atoms with Gasteiger partial charge in [0.2, 0.25) is 5.91 Å². The molecule has 0 aliphatic heterocycles. The Kier molecular flexibility index (Phi) is 5.20. The number of carbonyl (C=O) groups is 1. The molecule has 2 aromatic rings. The summed E-state index contributed by atoms with van der Waals surface area (Å²) in [6.07, 6.45) is 3.27. The lowest BCUT2D eigenvalue weighted by molar-refractivity contribution is -0.118. The molecule has 124 valence electrons. The van der Waals surface area contributed by atoms with Gasteiger partial charge in [0, 0.05) is 12.7 Å². The van der Waals surface area contributed by atoms with Gasteiger partial charge < -0.3 is 0 Å². The molecule has 1 aromatic carbocycles. The number of nitrogens with zero attached hydrogens (tertiary/aromatic N) is 2. The smallest absolute Gasteiger partial charge is 0.264 e. The third kappa shape index (κ3) is 4.41. The second-order valence-corrected chi connectivity index (χ2v) is 7.32. The van der Waals surface area contributed by atoms with E-state index in [1.165, 1.54) is 6.07 Å². The van der Waals surface area contributed by atoms with Gasteiger partial charge in [-0.2, -0.15) is 5.10 Å². The third-order valence-corrected chi connectivity index (χ3v) is 4.83. The van der Waals surface area contributed by atoms with E-state index in [1.807, 2.05) is 26.8 Å². The van der Waals surface area contributed by atoms with E-state index in [9.17, 15) is 13.2 Å². The maximum Gasteiger partial charge on any atom is 0.264 e. The quantitative estimate of drug-likeness (QED) is 0.876. The largest absolute Gasteiger partial charge is 0.274 e. The monoisotopic (exact) mass is 335 g/mol. The predicted molar refractivity (Wildman–Crippen MR) is 87.5 cm³/mol. The zero-order valence-corrected chi connectivity index (χ0v) is 14.3. The fraction of sp³-hybridized carbons (Fsp3) is 0.375. The number of nitrogens with one attached hydrogen (secondary N) is 1. The Hall–Kier alpha value is -2.15. The molecule has 23 heavy (non-hydrogen) atoms. The highest BCUT2D eigenvalue weighted by atomic mass is 32.2. The Morgan fingerprint density at radius 1 is 1.35 bits per heavy atom. The first-order chi connectivity index (χ1) is 10.8. The summed E-state index contributed by atoms with van der Waals surface area (Å²) in [6, 6.07) is 6.62. The highest BCUT2D eigenvalue weighted by Crippen LogP contribution is 2.18. The van der Waals surface area contributed by atoms with Crippen LogP contribution in [0.4, 0.5) is 0 Å². The van der Waals surface area contributed by atoms with Crippen molar-refractivity contribution < 1.29 is 13.2 Å². The van der Waals surface area contributed by atoms with Crippen molar-refractivity contribution >= 4 is 15.9 Å². The van der Waals surface area contributed by atoms with Crippen molar-refractivity contribution in [2.45, 2.75) is 44.6 Å². The molecular weight excluding hydrogens is 314 g/mol. The van der Waals surface area contributed by atoms with Gasteiger partial charge in [-0.3, -0.25) is 9.48 Å². The van der Waals surface area contributed by atoms with Gasteiger partial charge in [-0.05, 0) is 36.1 Å². The van der Waals surface area contributed by atoms with E-state index in [1.54, 1.807) is 29.2 Å². The van der Waals surface area contributed by atoms with Gasteiger partial charge >= 0.3 is 0 Å². The molecule has 1 heterocycles. The van der Waals surface area contributed by atoms with Crippen molar-refractivity contribution in [3.63, 3.8) is 0 Å². The number of aryl methyl sites for hydroxylation is 1. The Morgan fingerprint density at radius 3 is 2.70 bits per heavy atom. The molecule has 6 nitrogen and oxygen atoms in total. The minimum Gasteiger partial charge on any atom is -0.274 e. The maximum atomic E-state index is 12.3. The Balaban J connectivity index is 2.11. The molecule has 0 bridgehead atoms. The molecule has 7 heteroatoms. The number of hydrogen-bond donors (Lipinski definition) is 1. The van der Waals surface area contributed by atoms with Gasteiger partial charge in [-0.25, -0.2) is 13.1 Å². The van der Waals surface area contributed by atoms with Crippen molar-refractivity contribution in [3.05, 3.63) is 47.8 Å². The minimum absolute atomic E-state index is 0.0247. The predicted octanol–water partition coefficient (Wildman–Crippen LogP) is 2.07. The SMILES string of the molecule is CCn1cc(CC(=O)NS(=O)(=O)c2cccc(C(C)C)c2)cn1. The van der Waals surface area contributed by atoms with Gasteiger partial charge in [0.15, 0.2) is 0 Å². The van der Waals surface area contributed by atoms with Crippen LogP contribution < -0.4 is 4.72 Å². The molecular formula is C16H21N3O3S. The lowest BCUT2D eigenvalue weighted by Crippen LogP contribution is -2.31. The van der Waals surface area contributed by atoms with E-state index in [-0.39, 0.29) is 17.2 Å². The molecule has 0 saturated heterocycles. The van der Waals surface area contributed by atoms with Crippen LogP contribution in [0.5, 0.6) is 0 Å². The van der Waals surface area contributed by atoms with E-state index < -0.39 is 15.9 Å². The fourth-order valence-electron chi connectivity index (χ4n) is 2.14. The van der Waals surface area contributed by atoms with Crippen LogP contribution in [-0.4, -0.2) is 24.1 Å². The van der Waals surface area contributed by atoms with Crippen LogP contribution in [0.2, 0.25) is 0 Å².